The Balaban J connectivity index is 2.72. The molecule has 80 valence electrons. The van der Waals surface area contributed by atoms with E-state index in [0.717, 1.165) is 12.8 Å². The van der Waals surface area contributed by atoms with Crippen LogP contribution in [0, 0.1) is 5.92 Å². The monoisotopic (exact) mass is 202 g/mol. The van der Waals surface area contributed by atoms with E-state index in [2.05, 4.69) is 6.92 Å². The SMILES string of the molecule is CCC1C=CC=CC=CC=CCCC1=O. The van der Waals surface area contributed by atoms with Gasteiger partial charge in [-0.3, -0.25) is 4.79 Å². The molecule has 1 nitrogen and oxygen atoms in total. The van der Waals surface area contributed by atoms with Crippen LogP contribution in [0.25, 0.3) is 0 Å². The van der Waals surface area contributed by atoms with E-state index >= 15 is 0 Å². The second kappa shape index (κ2) is 6.99. The van der Waals surface area contributed by atoms with Gasteiger partial charge in [0.25, 0.3) is 0 Å². The maximum Gasteiger partial charge on any atom is 0.140 e. The lowest BCUT2D eigenvalue weighted by molar-refractivity contribution is -0.121. The van der Waals surface area contributed by atoms with Gasteiger partial charge in [0.1, 0.15) is 5.78 Å². The first-order valence-corrected chi connectivity index (χ1v) is 5.54. The van der Waals surface area contributed by atoms with Crippen molar-refractivity contribution < 1.29 is 4.79 Å². The molecular formula is C14H18O. The van der Waals surface area contributed by atoms with Crippen molar-refractivity contribution in [2.24, 2.45) is 5.92 Å². The van der Waals surface area contributed by atoms with E-state index in [4.69, 9.17) is 0 Å². The highest BCUT2D eigenvalue weighted by molar-refractivity contribution is 5.82. The average Bonchev–Trinajstić information content (AvgIpc) is 2.23. The standard InChI is InChI=1S/C14H18O/c1-2-13-11-9-7-5-3-4-6-8-10-12-14(13)15/h3-9,11,13H,2,10,12H2,1H3. The Hall–Kier alpha value is -1.37. The molecule has 0 aromatic rings. The number of carbonyl (C=O) groups is 1. The third kappa shape index (κ3) is 4.59. The molecule has 0 N–H and O–H groups in total. The summed E-state index contributed by atoms with van der Waals surface area (Å²) in [4.78, 5) is 11.7. The third-order valence-electron chi connectivity index (χ3n) is 2.45. The van der Waals surface area contributed by atoms with Gasteiger partial charge in [0.2, 0.25) is 0 Å². The summed E-state index contributed by atoms with van der Waals surface area (Å²) in [5.74, 6) is 0.433. The van der Waals surface area contributed by atoms with Crippen LogP contribution in [0.2, 0.25) is 0 Å². The summed E-state index contributed by atoms with van der Waals surface area (Å²) in [6.07, 6.45) is 18.3. The lowest BCUT2D eigenvalue weighted by Gasteiger charge is -2.07. The molecule has 1 rings (SSSR count). The van der Waals surface area contributed by atoms with E-state index in [-0.39, 0.29) is 5.92 Å². The Labute approximate surface area is 91.9 Å². The Morgan fingerprint density at radius 2 is 1.80 bits per heavy atom. The maximum absolute atomic E-state index is 11.7. The molecule has 0 saturated carbocycles. The molecule has 0 aliphatic heterocycles. The summed E-state index contributed by atoms with van der Waals surface area (Å²) in [5, 5.41) is 0. The Kier molecular flexibility index (Phi) is 5.46. The fourth-order valence-electron chi connectivity index (χ4n) is 1.51. The molecule has 0 fully saturated rings. The molecule has 0 amide bonds. The van der Waals surface area contributed by atoms with Crippen LogP contribution in [0.5, 0.6) is 0 Å². The predicted molar refractivity (Wildman–Crippen MR) is 64.6 cm³/mol. The van der Waals surface area contributed by atoms with Gasteiger partial charge in [-0.2, -0.15) is 0 Å². The van der Waals surface area contributed by atoms with Crippen molar-refractivity contribution in [2.75, 3.05) is 0 Å². The number of Topliss-reactive ketones (excluding diaryl/α,β-unsaturated/α-hetero) is 1. The van der Waals surface area contributed by atoms with E-state index in [1.54, 1.807) is 0 Å². The normalized spacial score (nSPS) is 22.5. The van der Waals surface area contributed by atoms with Crippen molar-refractivity contribution in [1.29, 1.82) is 0 Å². The molecule has 0 bridgehead atoms. The highest BCUT2D eigenvalue weighted by Crippen LogP contribution is 2.11. The first-order chi connectivity index (χ1) is 7.34. The van der Waals surface area contributed by atoms with E-state index in [1.165, 1.54) is 0 Å². The van der Waals surface area contributed by atoms with Crippen molar-refractivity contribution in [3.8, 4) is 0 Å². The second-order valence-corrected chi connectivity index (χ2v) is 3.60. The van der Waals surface area contributed by atoms with Crippen LogP contribution in [-0.2, 0) is 4.79 Å². The maximum atomic E-state index is 11.7. The van der Waals surface area contributed by atoms with Gasteiger partial charge in [-0.25, -0.2) is 0 Å². The lowest BCUT2D eigenvalue weighted by atomic mass is 9.97. The molecule has 1 unspecified atom stereocenters. The molecular weight excluding hydrogens is 184 g/mol. The molecule has 0 spiro atoms. The summed E-state index contributed by atoms with van der Waals surface area (Å²) < 4.78 is 0. The molecule has 1 aliphatic carbocycles. The van der Waals surface area contributed by atoms with Crippen LogP contribution in [0.15, 0.2) is 48.6 Å². The van der Waals surface area contributed by atoms with Crippen LogP contribution in [0.1, 0.15) is 26.2 Å². The largest absolute Gasteiger partial charge is 0.299 e. The van der Waals surface area contributed by atoms with E-state index in [0.29, 0.717) is 12.2 Å². The summed E-state index contributed by atoms with van der Waals surface area (Å²) in [6.45, 7) is 2.05. The summed E-state index contributed by atoms with van der Waals surface area (Å²) in [6, 6.07) is 0. The van der Waals surface area contributed by atoms with Gasteiger partial charge in [0.15, 0.2) is 0 Å². The van der Waals surface area contributed by atoms with Gasteiger partial charge in [-0.15, -0.1) is 0 Å². The Bertz CT molecular complexity index is 305. The van der Waals surface area contributed by atoms with Crippen molar-refractivity contribution in [3.63, 3.8) is 0 Å². The topological polar surface area (TPSA) is 17.1 Å². The van der Waals surface area contributed by atoms with Crippen molar-refractivity contribution in [2.45, 2.75) is 26.2 Å². The van der Waals surface area contributed by atoms with Crippen molar-refractivity contribution in [3.05, 3.63) is 48.6 Å². The molecule has 15 heavy (non-hydrogen) atoms. The van der Waals surface area contributed by atoms with Crippen molar-refractivity contribution >= 4 is 5.78 Å². The van der Waals surface area contributed by atoms with E-state index in [1.807, 2.05) is 48.6 Å². The highest BCUT2D eigenvalue weighted by Gasteiger charge is 2.11. The number of carbonyl (C=O) groups excluding carboxylic acids is 1. The average molecular weight is 202 g/mol. The highest BCUT2D eigenvalue weighted by atomic mass is 16.1. The quantitative estimate of drug-likeness (QED) is 0.635. The van der Waals surface area contributed by atoms with Gasteiger partial charge in [0, 0.05) is 12.3 Å². The molecule has 1 atom stereocenters. The number of ketones is 1. The zero-order chi connectivity index (χ0) is 10.9. The van der Waals surface area contributed by atoms with Crippen LogP contribution in [-0.4, -0.2) is 5.78 Å². The van der Waals surface area contributed by atoms with Gasteiger partial charge in [-0.1, -0.05) is 55.5 Å². The van der Waals surface area contributed by atoms with Crippen LogP contribution >= 0.6 is 0 Å². The number of hydrogen-bond acceptors (Lipinski definition) is 1. The number of allylic oxidation sites excluding steroid dienone is 8. The minimum atomic E-state index is 0.0893. The molecule has 1 aliphatic rings. The second-order valence-electron chi connectivity index (χ2n) is 3.60. The number of rotatable bonds is 1. The fourth-order valence-corrected chi connectivity index (χ4v) is 1.51. The summed E-state index contributed by atoms with van der Waals surface area (Å²) in [5.41, 5.74) is 0. The van der Waals surface area contributed by atoms with E-state index < -0.39 is 0 Å². The van der Waals surface area contributed by atoms with Crippen LogP contribution < -0.4 is 0 Å². The molecule has 0 aromatic heterocycles. The van der Waals surface area contributed by atoms with Crippen LogP contribution in [0.4, 0.5) is 0 Å². The minimum absolute atomic E-state index is 0.0893. The summed E-state index contributed by atoms with van der Waals surface area (Å²) >= 11 is 0. The van der Waals surface area contributed by atoms with Gasteiger partial charge < -0.3 is 0 Å². The van der Waals surface area contributed by atoms with Gasteiger partial charge >= 0.3 is 0 Å². The molecule has 0 heterocycles. The number of hydrogen-bond donors (Lipinski definition) is 0. The Morgan fingerprint density at radius 1 is 1.13 bits per heavy atom. The van der Waals surface area contributed by atoms with Crippen LogP contribution in [0.3, 0.4) is 0 Å². The van der Waals surface area contributed by atoms with Crippen molar-refractivity contribution in [1.82, 2.24) is 0 Å². The third-order valence-corrected chi connectivity index (χ3v) is 2.45. The fraction of sp³-hybridized carbons (Fsp3) is 0.357. The van der Waals surface area contributed by atoms with Gasteiger partial charge in [-0.05, 0) is 12.8 Å². The zero-order valence-electron chi connectivity index (χ0n) is 9.23. The predicted octanol–water partition coefficient (Wildman–Crippen LogP) is 3.60. The molecule has 0 aromatic carbocycles. The lowest BCUT2D eigenvalue weighted by Crippen LogP contribution is -2.10. The minimum Gasteiger partial charge on any atom is -0.299 e. The van der Waals surface area contributed by atoms with Gasteiger partial charge in [0.05, 0.1) is 0 Å². The molecule has 0 radical (unpaired) electrons. The zero-order valence-corrected chi connectivity index (χ0v) is 9.23. The first-order valence-electron chi connectivity index (χ1n) is 5.54. The Morgan fingerprint density at radius 3 is 2.53 bits per heavy atom. The smallest absolute Gasteiger partial charge is 0.140 e. The molecule has 1 heteroatoms. The first kappa shape index (κ1) is 11.7. The summed E-state index contributed by atoms with van der Waals surface area (Å²) in [7, 11) is 0. The molecule has 0 saturated heterocycles. The van der Waals surface area contributed by atoms with E-state index in [9.17, 15) is 4.79 Å².